The van der Waals surface area contributed by atoms with E-state index in [0.29, 0.717) is 5.69 Å². The number of halogens is 2. The number of carbonyl (C=O) groups is 1. The Kier molecular flexibility index (Phi) is 3.98. The van der Waals surface area contributed by atoms with E-state index in [2.05, 4.69) is 5.32 Å². The summed E-state index contributed by atoms with van der Waals surface area (Å²) in [5, 5.41) is 12.8. The smallest absolute Gasteiger partial charge is 0.259 e. The fourth-order valence-electron chi connectivity index (χ4n) is 1.57. The van der Waals surface area contributed by atoms with E-state index in [-0.39, 0.29) is 21.4 Å². The molecule has 98 valence electrons. The molecule has 0 aliphatic carbocycles. The first-order valence-corrected chi connectivity index (χ1v) is 6.29. The largest absolute Gasteiger partial charge is 0.506 e. The molecule has 0 radical (unpaired) electrons. The topological polar surface area (TPSA) is 49.3 Å². The Balaban J connectivity index is 2.27. The first-order chi connectivity index (χ1) is 8.97. The molecule has 0 saturated carbocycles. The molecule has 3 nitrogen and oxygen atoms in total. The van der Waals surface area contributed by atoms with Gasteiger partial charge in [0, 0.05) is 10.7 Å². The lowest BCUT2D eigenvalue weighted by Gasteiger charge is -2.08. The maximum absolute atomic E-state index is 12.0. The molecule has 0 heterocycles. The first kappa shape index (κ1) is 13.7. The second kappa shape index (κ2) is 5.51. The molecule has 2 aromatic rings. The molecule has 0 atom stereocenters. The standard InChI is InChI=1S/C14H11Cl2NO2/c1-8-2-4-10(5-3-8)17-14(19)11-6-9(15)7-12(16)13(11)18/h2-7,18H,1H3,(H,17,19). The summed E-state index contributed by atoms with van der Waals surface area (Å²) in [4.78, 5) is 12.0. The highest BCUT2D eigenvalue weighted by atomic mass is 35.5. The number of phenolic OH excluding ortho intramolecular Hbond substituents is 1. The summed E-state index contributed by atoms with van der Waals surface area (Å²) in [6.45, 7) is 1.95. The predicted octanol–water partition coefficient (Wildman–Crippen LogP) is 4.26. The predicted molar refractivity (Wildman–Crippen MR) is 77.3 cm³/mol. The summed E-state index contributed by atoms with van der Waals surface area (Å²) in [6, 6.07) is 10.0. The van der Waals surface area contributed by atoms with Gasteiger partial charge < -0.3 is 10.4 Å². The molecule has 2 N–H and O–H groups in total. The molecule has 0 spiro atoms. The fourth-order valence-corrected chi connectivity index (χ4v) is 2.07. The van der Waals surface area contributed by atoms with Crippen LogP contribution in [0.4, 0.5) is 5.69 Å². The van der Waals surface area contributed by atoms with Crippen molar-refractivity contribution in [2.75, 3.05) is 5.32 Å². The molecular weight excluding hydrogens is 285 g/mol. The normalized spacial score (nSPS) is 10.3. The van der Waals surface area contributed by atoms with Crippen LogP contribution in [0.15, 0.2) is 36.4 Å². The van der Waals surface area contributed by atoms with E-state index in [1.165, 1.54) is 12.1 Å². The van der Waals surface area contributed by atoms with Gasteiger partial charge in [-0.2, -0.15) is 0 Å². The van der Waals surface area contributed by atoms with Crippen molar-refractivity contribution in [2.24, 2.45) is 0 Å². The number of aryl methyl sites for hydroxylation is 1. The lowest BCUT2D eigenvalue weighted by molar-refractivity contribution is 0.102. The molecule has 0 saturated heterocycles. The minimum atomic E-state index is -0.467. The highest BCUT2D eigenvalue weighted by Gasteiger charge is 2.15. The highest BCUT2D eigenvalue weighted by Crippen LogP contribution is 2.31. The quantitative estimate of drug-likeness (QED) is 0.870. The number of rotatable bonds is 2. The minimum absolute atomic E-state index is 0.0399. The van der Waals surface area contributed by atoms with Crippen molar-refractivity contribution in [2.45, 2.75) is 6.92 Å². The molecule has 0 aliphatic rings. The van der Waals surface area contributed by atoms with Gasteiger partial charge in [0.1, 0.15) is 5.75 Å². The minimum Gasteiger partial charge on any atom is -0.506 e. The number of aromatic hydroxyl groups is 1. The van der Waals surface area contributed by atoms with Crippen LogP contribution in [-0.2, 0) is 0 Å². The number of hydrogen-bond acceptors (Lipinski definition) is 2. The van der Waals surface area contributed by atoms with Gasteiger partial charge in [-0.15, -0.1) is 0 Å². The van der Waals surface area contributed by atoms with Gasteiger partial charge in [-0.3, -0.25) is 4.79 Å². The number of hydrogen-bond donors (Lipinski definition) is 2. The van der Waals surface area contributed by atoms with Crippen molar-refractivity contribution in [3.63, 3.8) is 0 Å². The van der Waals surface area contributed by atoms with Crippen LogP contribution >= 0.6 is 23.2 Å². The van der Waals surface area contributed by atoms with Crippen LogP contribution in [0.2, 0.25) is 10.0 Å². The Hall–Kier alpha value is -1.71. The number of anilines is 1. The van der Waals surface area contributed by atoms with Crippen LogP contribution < -0.4 is 5.32 Å². The average Bonchev–Trinajstić information content (AvgIpc) is 2.36. The van der Waals surface area contributed by atoms with Crippen LogP contribution in [0.5, 0.6) is 5.75 Å². The van der Waals surface area contributed by atoms with Crippen LogP contribution in [0.1, 0.15) is 15.9 Å². The maximum Gasteiger partial charge on any atom is 0.259 e. The maximum atomic E-state index is 12.0. The third-order valence-electron chi connectivity index (χ3n) is 2.58. The van der Waals surface area contributed by atoms with Crippen molar-refractivity contribution in [1.29, 1.82) is 0 Å². The average molecular weight is 296 g/mol. The van der Waals surface area contributed by atoms with Crippen LogP contribution in [0.25, 0.3) is 0 Å². The van der Waals surface area contributed by atoms with Gasteiger partial charge in [0.25, 0.3) is 5.91 Å². The van der Waals surface area contributed by atoms with E-state index in [0.717, 1.165) is 5.56 Å². The Bertz CT molecular complexity index is 624. The molecule has 0 bridgehead atoms. The lowest BCUT2D eigenvalue weighted by Crippen LogP contribution is -2.12. The van der Waals surface area contributed by atoms with E-state index in [9.17, 15) is 9.90 Å². The van der Waals surface area contributed by atoms with Gasteiger partial charge in [-0.1, -0.05) is 40.9 Å². The number of phenols is 1. The van der Waals surface area contributed by atoms with Crippen molar-refractivity contribution >= 4 is 34.8 Å². The second-order valence-electron chi connectivity index (χ2n) is 4.10. The van der Waals surface area contributed by atoms with E-state index in [1.54, 1.807) is 12.1 Å². The Labute approximate surface area is 120 Å². The van der Waals surface area contributed by atoms with Crippen molar-refractivity contribution in [3.8, 4) is 5.75 Å². The Morgan fingerprint density at radius 1 is 1.16 bits per heavy atom. The van der Waals surface area contributed by atoms with Crippen LogP contribution in [-0.4, -0.2) is 11.0 Å². The Morgan fingerprint density at radius 3 is 2.42 bits per heavy atom. The summed E-state index contributed by atoms with van der Waals surface area (Å²) >= 11 is 11.6. The first-order valence-electron chi connectivity index (χ1n) is 5.53. The highest BCUT2D eigenvalue weighted by molar-refractivity contribution is 6.36. The SMILES string of the molecule is Cc1ccc(NC(=O)c2cc(Cl)cc(Cl)c2O)cc1. The molecule has 0 fully saturated rings. The lowest BCUT2D eigenvalue weighted by atomic mass is 10.1. The summed E-state index contributed by atoms with van der Waals surface area (Å²) < 4.78 is 0. The van der Waals surface area contributed by atoms with Crippen molar-refractivity contribution in [1.82, 2.24) is 0 Å². The molecule has 1 amide bonds. The summed E-state index contributed by atoms with van der Waals surface area (Å²) in [5.41, 5.74) is 1.76. The van der Waals surface area contributed by atoms with E-state index < -0.39 is 5.91 Å². The number of nitrogens with one attached hydrogen (secondary N) is 1. The molecule has 2 rings (SSSR count). The summed E-state index contributed by atoms with van der Waals surface area (Å²) in [7, 11) is 0. The van der Waals surface area contributed by atoms with Gasteiger partial charge in [0.2, 0.25) is 0 Å². The number of amides is 1. The summed E-state index contributed by atoms with van der Waals surface area (Å²) in [5.74, 6) is -0.749. The molecular formula is C14H11Cl2NO2. The molecule has 0 aromatic heterocycles. The van der Waals surface area contributed by atoms with Crippen molar-refractivity contribution < 1.29 is 9.90 Å². The fraction of sp³-hybridized carbons (Fsp3) is 0.0714. The molecule has 2 aromatic carbocycles. The molecule has 5 heteroatoms. The van der Waals surface area contributed by atoms with Gasteiger partial charge >= 0.3 is 0 Å². The number of carbonyl (C=O) groups excluding carboxylic acids is 1. The zero-order valence-corrected chi connectivity index (χ0v) is 11.6. The van der Waals surface area contributed by atoms with E-state index in [1.807, 2.05) is 19.1 Å². The van der Waals surface area contributed by atoms with Gasteiger partial charge in [-0.25, -0.2) is 0 Å². The van der Waals surface area contributed by atoms with Gasteiger partial charge in [0.05, 0.1) is 10.6 Å². The third-order valence-corrected chi connectivity index (χ3v) is 3.09. The van der Waals surface area contributed by atoms with Crippen molar-refractivity contribution in [3.05, 3.63) is 57.6 Å². The van der Waals surface area contributed by atoms with E-state index in [4.69, 9.17) is 23.2 Å². The monoisotopic (exact) mass is 295 g/mol. The van der Waals surface area contributed by atoms with E-state index >= 15 is 0 Å². The molecule has 0 aliphatic heterocycles. The van der Waals surface area contributed by atoms with Gasteiger partial charge in [-0.05, 0) is 31.2 Å². The van der Waals surface area contributed by atoms with Crippen LogP contribution in [0.3, 0.4) is 0 Å². The molecule has 0 unspecified atom stereocenters. The van der Waals surface area contributed by atoms with Gasteiger partial charge in [0.15, 0.2) is 0 Å². The summed E-state index contributed by atoms with van der Waals surface area (Å²) in [6.07, 6.45) is 0. The second-order valence-corrected chi connectivity index (χ2v) is 4.95. The zero-order chi connectivity index (χ0) is 14.0. The Morgan fingerprint density at radius 2 is 1.79 bits per heavy atom. The third kappa shape index (κ3) is 3.19. The molecule has 19 heavy (non-hydrogen) atoms. The van der Waals surface area contributed by atoms with Crippen LogP contribution in [0, 0.1) is 6.92 Å². The number of benzene rings is 2. The zero-order valence-electron chi connectivity index (χ0n) is 10.1.